The molecule has 0 aromatic heterocycles. The Labute approximate surface area is 127 Å². The maximum absolute atomic E-state index is 12.0. The summed E-state index contributed by atoms with van der Waals surface area (Å²) in [6.07, 6.45) is 0. The van der Waals surface area contributed by atoms with Gasteiger partial charge in [0.25, 0.3) is 0 Å². The van der Waals surface area contributed by atoms with Crippen LogP contribution in [0.15, 0.2) is 17.0 Å². The minimum atomic E-state index is -3.80. The van der Waals surface area contributed by atoms with Crippen LogP contribution in [-0.4, -0.2) is 21.0 Å². The highest BCUT2D eigenvalue weighted by molar-refractivity contribution is 7.89. The lowest BCUT2D eigenvalue weighted by Gasteiger charge is -2.14. The summed E-state index contributed by atoms with van der Waals surface area (Å²) in [6, 6.07) is 2.22. The Morgan fingerprint density at radius 2 is 1.72 bits per heavy atom. The lowest BCUT2D eigenvalue weighted by molar-refractivity contribution is 0.563. The van der Waals surface area contributed by atoms with Gasteiger partial charge in [0.1, 0.15) is 4.90 Å². The smallest absolute Gasteiger partial charge is 0.243 e. The molecule has 0 unspecified atom stereocenters. The highest BCUT2D eigenvalue weighted by Crippen LogP contribution is 2.32. The van der Waals surface area contributed by atoms with Crippen molar-refractivity contribution in [3.05, 3.63) is 27.2 Å². The zero-order valence-electron chi connectivity index (χ0n) is 9.28. The van der Waals surface area contributed by atoms with Gasteiger partial charge < -0.3 is 5.73 Å². The molecule has 1 atom stereocenters. The molecule has 9 heteroatoms. The van der Waals surface area contributed by atoms with Crippen LogP contribution in [0.4, 0.5) is 0 Å². The molecule has 0 radical (unpaired) electrons. The van der Waals surface area contributed by atoms with Crippen LogP contribution in [0.2, 0.25) is 15.1 Å². The Morgan fingerprint density at radius 3 is 2.11 bits per heavy atom. The third-order valence-electron chi connectivity index (χ3n) is 1.94. The molecule has 0 saturated heterocycles. The van der Waals surface area contributed by atoms with Gasteiger partial charge in [-0.05, 0) is 19.1 Å². The van der Waals surface area contributed by atoms with E-state index in [1.165, 1.54) is 12.1 Å². The van der Waals surface area contributed by atoms with Crippen LogP contribution >= 0.6 is 47.2 Å². The van der Waals surface area contributed by atoms with Crippen LogP contribution in [-0.2, 0) is 10.0 Å². The van der Waals surface area contributed by atoms with E-state index in [2.05, 4.69) is 4.72 Å². The predicted molar refractivity (Wildman–Crippen MR) is 77.6 cm³/mol. The first kappa shape index (κ1) is 18.2. The maximum atomic E-state index is 12.0. The number of sulfonamides is 1. The minimum absolute atomic E-state index is 0. The lowest BCUT2D eigenvalue weighted by Crippen LogP contribution is -2.38. The molecule has 104 valence electrons. The first-order valence-electron chi connectivity index (χ1n) is 4.65. The Bertz CT molecular complexity index is 498. The molecule has 1 aromatic rings. The van der Waals surface area contributed by atoms with Crippen LogP contribution in [0.25, 0.3) is 0 Å². The number of hydrogen-bond acceptors (Lipinski definition) is 3. The van der Waals surface area contributed by atoms with Crippen molar-refractivity contribution < 1.29 is 8.42 Å². The summed E-state index contributed by atoms with van der Waals surface area (Å²) in [6.45, 7) is 1.80. The second-order valence-corrected chi connectivity index (χ2v) is 6.36. The largest absolute Gasteiger partial charge is 0.329 e. The summed E-state index contributed by atoms with van der Waals surface area (Å²) >= 11 is 17.4. The molecule has 0 saturated carbocycles. The van der Waals surface area contributed by atoms with E-state index in [1.54, 1.807) is 6.92 Å². The molecular weight excluding hydrogens is 342 g/mol. The summed E-state index contributed by atoms with van der Waals surface area (Å²) < 4.78 is 26.3. The van der Waals surface area contributed by atoms with Crippen molar-refractivity contribution in [2.45, 2.75) is 17.9 Å². The van der Waals surface area contributed by atoms with Crippen LogP contribution in [0.1, 0.15) is 6.92 Å². The molecule has 0 aliphatic heterocycles. The van der Waals surface area contributed by atoms with Crippen LogP contribution in [0.5, 0.6) is 0 Å². The third-order valence-corrected chi connectivity index (χ3v) is 4.67. The molecule has 1 aromatic carbocycles. The molecule has 0 heterocycles. The highest BCUT2D eigenvalue weighted by atomic mass is 35.5. The average Bonchev–Trinajstić information content (AvgIpc) is 2.14. The fraction of sp³-hybridized carbons (Fsp3) is 0.333. The van der Waals surface area contributed by atoms with Gasteiger partial charge in [0, 0.05) is 17.6 Å². The summed E-state index contributed by atoms with van der Waals surface area (Å²) in [5, 5.41) is 0.212. The van der Waals surface area contributed by atoms with Gasteiger partial charge in [-0.25, -0.2) is 13.1 Å². The van der Waals surface area contributed by atoms with Crippen molar-refractivity contribution in [2.24, 2.45) is 5.73 Å². The van der Waals surface area contributed by atoms with Crippen molar-refractivity contribution >= 4 is 57.2 Å². The molecule has 0 aliphatic carbocycles. The maximum Gasteiger partial charge on any atom is 0.243 e. The van der Waals surface area contributed by atoms with Crippen LogP contribution < -0.4 is 10.5 Å². The number of nitrogens with one attached hydrogen (secondary N) is 1. The number of rotatable bonds is 4. The fourth-order valence-electron chi connectivity index (χ4n) is 1.16. The first-order chi connectivity index (χ1) is 7.77. The third kappa shape index (κ3) is 4.42. The number of nitrogens with two attached hydrogens (primary N) is 1. The van der Waals surface area contributed by atoms with Gasteiger partial charge in [-0.15, -0.1) is 12.4 Å². The molecule has 0 aliphatic rings. The average molecular weight is 354 g/mol. The molecule has 4 nitrogen and oxygen atoms in total. The Morgan fingerprint density at radius 1 is 1.28 bits per heavy atom. The predicted octanol–water partition coefficient (Wildman–Crippen LogP) is 2.69. The van der Waals surface area contributed by atoms with Crippen LogP contribution in [0.3, 0.4) is 0 Å². The van der Waals surface area contributed by atoms with Crippen molar-refractivity contribution in [1.29, 1.82) is 0 Å². The number of hydrogen-bond donors (Lipinski definition) is 2. The van der Waals surface area contributed by atoms with Crippen molar-refractivity contribution in [2.75, 3.05) is 6.54 Å². The summed E-state index contributed by atoms with van der Waals surface area (Å²) in [4.78, 5) is -0.189. The van der Waals surface area contributed by atoms with Gasteiger partial charge in [0.15, 0.2) is 0 Å². The SMILES string of the molecule is C[C@@H](CN)NS(=O)(=O)c1c(Cl)cc(Cl)cc1Cl.Cl. The summed E-state index contributed by atoms with van der Waals surface area (Å²) in [5.41, 5.74) is 5.34. The van der Waals surface area contributed by atoms with E-state index in [9.17, 15) is 8.42 Å². The molecule has 18 heavy (non-hydrogen) atoms. The zero-order chi connectivity index (χ0) is 13.2. The standard InChI is InChI=1S/C9H11Cl3N2O2S.ClH/c1-5(4-13)14-17(15,16)9-7(11)2-6(10)3-8(9)12;/h2-3,5,14H,4,13H2,1H3;1H/t5-;/m0./s1. The van der Waals surface area contributed by atoms with E-state index >= 15 is 0 Å². The Kier molecular flexibility index (Phi) is 7.24. The minimum Gasteiger partial charge on any atom is -0.329 e. The van der Waals surface area contributed by atoms with Gasteiger partial charge in [0.05, 0.1) is 10.0 Å². The van der Waals surface area contributed by atoms with Crippen molar-refractivity contribution in [3.8, 4) is 0 Å². The summed E-state index contributed by atoms with van der Waals surface area (Å²) in [7, 11) is -3.80. The molecule has 3 N–H and O–H groups in total. The normalized spacial score (nSPS) is 12.9. The Balaban J connectivity index is 0.00000289. The van der Waals surface area contributed by atoms with Gasteiger partial charge in [0.2, 0.25) is 10.0 Å². The lowest BCUT2D eigenvalue weighted by atomic mass is 10.4. The van der Waals surface area contributed by atoms with E-state index in [-0.39, 0.29) is 38.9 Å². The molecule has 0 spiro atoms. The zero-order valence-corrected chi connectivity index (χ0v) is 13.2. The molecule has 0 bridgehead atoms. The highest BCUT2D eigenvalue weighted by Gasteiger charge is 2.23. The van der Waals surface area contributed by atoms with E-state index in [0.29, 0.717) is 0 Å². The van der Waals surface area contributed by atoms with E-state index in [1.807, 2.05) is 0 Å². The monoisotopic (exact) mass is 352 g/mol. The van der Waals surface area contributed by atoms with Gasteiger partial charge >= 0.3 is 0 Å². The number of halogens is 4. The topological polar surface area (TPSA) is 72.2 Å². The van der Waals surface area contributed by atoms with Gasteiger partial charge in [-0.3, -0.25) is 0 Å². The summed E-state index contributed by atoms with van der Waals surface area (Å²) in [5.74, 6) is 0. The van der Waals surface area contributed by atoms with E-state index in [0.717, 1.165) is 0 Å². The van der Waals surface area contributed by atoms with Crippen molar-refractivity contribution in [3.63, 3.8) is 0 Å². The molecule has 1 rings (SSSR count). The number of benzene rings is 1. The molecular formula is C9H12Cl4N2O2S. The molecule has 0 fully saturated rings. The van der Waals surface area contributed by atoms with Crippen LogP contribution in [0, 0.1) is 0 Å². The van der Waals surface area contributed by atoms with E-state index < -0.39 is 16.1 Å². The second kappa shape index (κ2) is 7.14. The first-order valence-corrected chi connectivity index (χ1v) is 7.26. The molecule has 0 amide bonds. The van der Waals surface area contributed by atoms with E-state index in [4.69, 9.17) is 40.5 Å². The van der Waals surface area contributed by atoms with Gasteiger partial charge in [-0.1, -0.05) is 34.8 Å². The van der Waals surface area contributed by atoms with Gasteiger partial charge in [-0.2, -0.15) is 0 Å². The quantitative estimate of drug-likeness (QED) is 0.873. The fourth-order valence-corrected chi connectivity index (χ4v) is 3.96. The second-order valence-electron chi connectivity index (χ2n) is 3.46. The van der Waals surface area contributed by atoms with Crippen molar-refractivity contribution in [1.82, 2.24) is 4.72 Å². The Hall–Kier alpha value is 0.250.